The SMILES string of the molecule is CC(=O)CCOCCCC(=O)CCCC(=O)Cc1ccc(CCC(=O)CC(C)=O)cc1. The summed E-state index contributed by atoms with van der Waals surface area (Å²) in [5.41, 5.74) is 1.92. The maximum atomic E-state index is 12.1. The first-order valence-corrected chi connectivity index (χ1v) is 11.0. The monoisotopic (exact) mass is 430 g/mol. The maximum absolute atomic E-state index is 12.1. The Morgan fingerprint density at radius 3 is 1.90 bits per heavy atom. The second-order valence-corrected chi connectivity index (χ2v) is 8.01. The molecule has 0 spiro atoms. The Balaban J connectivity index is 2.17. The second kappa shape index (κ2) is 15.3. The topological polar surface area (TPSA) is 94.6 Å². The summed E-state index contributed by atoms with van der Waals surface area (Å²) in [6, 6.07) is 7.59. The van der Waals surface area contributed by atoms with Crippen LogP contribution in [0.15, 0.2) is 24.3 Å². The predicted octanol–water partition coefficient (Wildman–Crippen LogP) is 3.79. The van der Waals surface area contributed by atoms with E-state index in [4.69, 9.17) is 4.74 Å². The molecule has 0 aliphatic carbocycles. The van der Waals surface area contributed by atoms with E-state index in [0.29, 0.717) is 71.0 Å². The molecule has 0 aliphatic rings. The van der Waals surface area contributed by atoms with Crippen molar-refractivity contribution in [2.45, 2.75) is 78.1 Å². The lowest BCUT2D eigenvalue weighted by atomic mass is 10.00. The van der Waals surface area contributed by atoms with Gasteiger partial charge in [0, 0.05) is 45.1 Å². The highest BCUT2D eigenvalue weighted by Gasteiger charge is 2.09. The van der Waals surface area contributed by atoms with E-state index in [1.54, 1.807) is 0 Å². The van der Waals surface area contributed by atoms with Crippen LogP contribution in [0.2, 0.25) is 0 Å². The number of rotatable bonds is 18. The molecule has 1 rings (SSSR count). The van der Waals surface area contributed by atoms with Crippen LogP contribution in [0.4, 0.5) is 0 Å². The van der Waals surface area contributed by atoms with Gasteiger partial charge in [0.15, 0.2) is 0 Å². The fourth-order valence-corrected chi connectivity index (χ4v) is 3.09. The number of benzene rings is 1. The third-order valence-corrected chi connectivity index (χ3v) is 4.82. The fraction of sp³-hybridized carbons (Fsp3) is 0.560. The second-order valence-electron chi connectivity index (χ2n) is 8.01. The van der Waals surface area contributed by atoms with Crippen molar-refractivity contribution in [2.75, 3.05) is 13.2 Å². The van der Waals surface area contributed by atoms with Gasteiger partial charge < -0.3 is 4.74 Å². The molecular formula is C25H34O6. The summed E-state index contributed by atoms with van der Waals surface area (Å²) < 4.78 is 5.30. The molecule has 6 heteroatoms. The molecule has 0 N–H and O–H groups in total. The standard InChI is InChI=1S/C25H34O6/c1-19(26)14-16-31-15-4-7-23(28)5-3-6-24(29)18-22-10-8-21(9-11-22)12-13-25(30)17-20(2)27/h8-11H,3-7,12-18H2,1-2H3. The van der Waals surface area contributed by atoms with Gasteiger partial charge >= 0.3 is 0 Å². The average molecular weight is 431 g/mol. The van der Waals surface area contributed by atoms with Crippen LogP contribution in [0.1, 0.15) is 76.3 Å². The van der Waals surface area contributed by atoms with Crippen LogP contribution < -0.4 is 0 Å². The van der Waals surface area contributed by atoms with Crippen LogP contribution in [0.25, 0.3) is 0 Å². The Labute approximate surface area is 184 Å². The van der Waals surface area contributed by atoms with E-state index < -0.39 is 0 Å². The zero-order chi connectivity index (χ0) is 23.1. The lowest BCUT2D eigenvalue weighted by Crippen LogP contribution is -2.07. The van der Waals surface area contributed by atoms with Crippen LogP contribution in [0.3, 0.4) is 0 Å². The zero-order valence-corrected chi connectivity index (χ0v) is 18.7. The third-order valence-electron chi connectivity index (χ3n) is 4.82. The molecule has 0 bridgehead atoms. The predicted molar refractivity (Wildman–Crippen MR) is 118 cm³/mol. The van der Waals surface area contributed by atoms with Gasteiger partial charge in [0.1, 0.15) is 28.9 Å². The number of carbonyl (C=O) groups excluding carboxylic acids is 5. The normalized spacial score (nSPS) is 10.6. The van der Waals surface area contributed by atoms with Gasteiger partial charge in [-0.15, -0.1) is 0 Å². The Morgan fingerprint density at radius 1 is 0.645 bits per heavy atom. The molecule has 0 radical (unpaired) electrons. The molecule has 170 valence electrons. The molecular weight excluding hydrogens is 396 g/mol. The molecule has 0 atom stereocenters. The summed E-state index contributed by atoms with van der Waals surface area (Å²) in [4.78, 5) is 57.3. The summed E-state index contributed by atoms with van der Waals surface area (Å²) in [5, 5.41) is 0. The zero-order valence-electron chi connectivity index (χ0n) is 18.7. The minimum absolute atomic E-state index is 0.00993. The van der Waals surface area contributed by atoms with E-state index in [-0.39, 0.29) is 35.3 Å². The fourth-order valence-electron chi connectivity index (χ4n) is 3.09. The van der Waals surface area contributed by atoms with Crippen molar-refractivity contribution in [1.29, 1.82) is 0 Å². The van der Waals surface area contributed by atoms with Crippen LogP contribution in [0.5, 0.6) is 0 Å². The number of hydrogen-bond acceptors (Lipinski definition) is 6. The average Bonchev–Trinajstić information content (AvgIpc) is 2.69. The van der Waals surface area contributed by atoms with Crippen molar-refractivity contribution in [3.63, 3.8) is 0 Å². The molecule has 0 aromatic heterocycles. The summed E-state index contributed by atoms with van der Waals surface area (Å²) in [5.74, 6) is 0.156. The molecule has 0 aliphatic heterocycles. The van der Waals surface area contributed by atoms with Crippen molar-refractivity contribution in [1.82, 2.24) is 0 Å². The van der Waals surface area contributed by atoms with E-state index in [2.05, 4.69) is 0 Å². The number of ether oxygens (including phenoxy) is 1. The summed E-state index contributed by atoms with van der Waals surface area (Å²) >= 11 is 0. The van der Waals surface area contributed by atoms with E-state index in [0.717, 1.165) is 11.1 Å². The minimum atomic E-state index is -0.115. The summed E-state index contributed by atoms with van der Waals surface area (Å²) in [6.07, 6.45) is 4.06. The first-order valence-electron chi connectivity index (χ1n) is 11.0. The lowest BCUT2D eigenvalue weighted by molar-refractivity contribution is -0.126. The molecule has 0 fully saturated rings. The maximum Gasteiger partial charge on any atom is 0.140 e. The number of Topliss-reactive ketones (excluding diaryl/α,β-unsaturated/α-hetero) is 5. The van der Waals surface area contributed by atoms with E-state index in [1.165, 1.54) is 13.8 Å². The van der Waals surface area contributed by atoms with Crippen LogP contribution >= 0.6 is 0 Å². The van der Waals surface area contributed by atoms with E-state index in [9.17, 15) is 24.0 Å². The van der Waals surface area contributed by atoms with Crippen molar-refractivity contribution in [3.05, 3.63) is 35.4 Å². The first-order chi connectivity index (χ1) is 14.8. The number of hydrogen-bond donors (Lipinski definition) is 0. The van der Waals surface area contributed by atoms with Gasteiger partial charge in [0.2, 0.25) is 0 Å². The number of ketones is 5. The van der Waals surface area contributed by atoms with Gasteiger partial charge in [-0.1, -0.05) is 24.3 Å². The van der Waals surface area contributed by atoms with Gasteiger partial charge in [-0.25, -0.2) is 0 Å². The van der Waals surface area contributed by atoms with E-state index in [1.807, 2.05) is 24.3 Å². The van der Waals surface area contributed by atoms with Gasteiger partial charge in [0.05, 0.1) is 13.0 Å². The number of carbonyl (C=O) groups is 5. The largest absolute Gasteiger partial charge is 0.381 e. The molecule has 0 saturated heterocycles. The Kier molecular flexibility index (Phi) is 13.2. The molecule has 1 aromatic rings. The summed E-state index contributed by atoms with van der Waals surface area (Å²) in [6.45, 7) is 3.80. The molecule has 6 nitrogen and oxygen atoms in total. The van der Waals surface area contributed by atoms with Crippen LogP contribution in [-0.4, -0.2) is 42.1 Å². The highest BCUT2D eigenvalue weighted by atomic mass is 16.5. The van der Waals surface area contributed by atoms with Gasteiger partial charge in [0.25, 0.3) is 0 Å². The Morgan fingerprint density at radius 2 is 1.26 bits per heavy atom. The molecule has 0 heterocycles. The first kappa shape index (κ1) is 26.6. The Bertz CT molecular complexity index is 748. The molecule has 1 aromatic carbocycles. The van der Waals surface area contributed by atoms with Crippen molar-refractivity contribution in [3.8, 4) is 0 Å². The highest BCUT2D eigenvalue weighted by Crippen LogP contribution is 2.11. The van der Waals surface area contributed by atoms with Crippen LogP contribution in [-0.2, 0) is 41.6 Å². The Hall–Kier alpha value is -2.47. The van der Waals surface area contributed by atoms with Gasteiger partial charge in [-0.3, -0.25) is 24.0 Å². The molecule has 0 saturated carbocycles. The molecule has 0 unspecified atom stereocenters. The quantitative estimate of drug-likeness (QED) is 0.260. The third kappa shape index (κ3) is 14.2. The molecule has 31 heavy (non-hydrogen) atoms. The molecule has 0 amide bonds. The van der Waals surface area contributed by atoms with Crippen molar-refractivity contribution in [2.24, 2.45) is 0 Å². The van der Waals surface area contributed by atoms with Crippen molar-refractivity contribution < 1.29 is 28.7 Å². The van der Waals surface area contributed by atoms with Crippen LogP contribution in [0, 0.1) is 0 Å². The van der Waals surface area contributed by atoms with Gasteiger partial charge in [-0.2, -0.15) is 0 Å². The van der Waals surface area contributed by atoms with E-state index >= 15 is 0 Å². The van der Waals surface area contributed by atoms with Crippen molar-refractivity contribution >= 4 is 28.9 Å². The highest BCUT2D eigenvalue weighted by molar-refractivity contribution is 5.97. The smallest absolute Gasteiger partial charge is 0.140 e. The lowest BCUT2D eigenvalue weighted by Gasteiger charge is -2.05. The summed E-state index contributed by atoms with van der Waals surface area (Å²) in [7, 11) is 0. The minimum Gasteiger partial charge on any atom is -0.381 e. The van der Waals surface area contributed by atoms with Gasteiger partial charge in [-0.05, 0) is 44.2 Å². The number of aryl methyl sites for hydroxylation is 1.